The van der Waals surface area contributed by atoms with Crippen molar-refractivity contribution in [2.75, 3.05) is 20.2 Å². The number of H-pyrrole nitrogens is 1. The molecule has 1 unspecified atom stereocenters. The molecular formula is C19H28N2O. The fraction of sp³-hybridized carbons (Fsp3) is 0.579. The molecule has 1 aliphatic rings. The molecule has 1 aliphatic heterocycles. The Labute approximate surface area is 133 Å². The fourth-order valence-corrected chi connectivity index (χ4v) is 3.63. The number of benzene rings is 1. The van der Waals surface area contributed by atoms with Gasteiger partial charge in [0.2, 0.25) is 0 Å². The molecule has 3 rings (SSSR count). The molecule has 1 saturated heterocycles. The first kappa shape index (κ1) is 15.4. The average molecular weight is 300 g/mol. The second-order valence-electron chi connectivity index (χ2n) is 6.71. The number of nitrogens with zero attached hydrogens (tertiary/aromatic N) is 1. The van der Waals surface area contributed by atoms with Crippen LogP contribution in [0.5, 0.6) is 5.75 Å². The Morgan fingerprint density at radius 3 is 2.77 bits per heavy atom. The zero-order valence-electron chi connectivity index (χ0n) is 14.1. The van der Waals surface area contributed by atoms with Gasteiger partial charge >= 0.3 is 0 Å². The van der Waals surface area contributed by atoms with Crippen LogP contribution in [0.4, 0.5) is 0 Å². The van der Waals surface area contributed by atoms with Crippen LogP contribution in [0.3, 0.4) is 0 Å². The van der Waals surface area contributed by atoms with Gasteiger partial charge in [0.15, 0.2) is 0 Å². The average Bonchev–Trinajstić information content (AvgIpc) is 2.95. The van der Waals surface area contributed by atoms with Crippen molar-refractivity contribution in [3.8, 4) is 5.75 Å². The van der Waals surface area contributed by atoms with Gasteiger partial charge in [-0.15, -0.1) is 0 Å². The van der Waals surface area contributed by atoms with Crippen molar-refractivity contribution in [2.24, 2.45) is 5.92 Å². The van der Waals surface area contributed by atoms with Crippen LogP contribution in [0.2, 0.25) is 0 Å². The van der Waals surface area contributed by atoms with Crippen LogP contribution in [0.1, 0.15) is 38.7 Å². The van der Waals surface area contributed by atoms with E-state index in [1.54, 1.807) is 7.11 Å². The molecule has 1 N–H and O–H groups in total. The third-order valence-electron chi connectivity index (χ3n) is 5.24. The number of fused-ring (bicyclic) bond motifs is 1. The van der Waals surface area contributed by atoms with Gasteiger partial charge in [0, 0.05) is 23.1 Å². The third-order valence-corrected chi connectivity index (χ3v) is 5.24. The molecule has 1 aromatic heterocycles. The van der Waals surface area contributed by atoms with Crippen molar-refractivity contribution < 1.29 is 4.74 Å². The van der Waals surface area contributed by atoms with Crippen molar-refractivity contribution in [1.29, 1.82) is 0 Å². The summed E-state index contributed by atoms with van der Waals surface area (Å²) in [5, 5.41) is 1.31. The van der Waals surface area contributed by atoms with Gasteiger partial charge in [0.05, 0.1) is 7.11 Å². The monoisotopic (exact) mass is 300 g/mol. The molecule has 1 aromatic carbocycles. The molecule has 2 aromatic rings. The predicted molar refractivity (Wildman–Crippen MR) is 92.6 cm³/mol. The Morgan fingerprint density at radius 1 is 1.32 bits per heavy atom. The van der Waals surface area contributed by atoms with Gasteiger partial charge in [-0.25, -0.2) is 0 Å². The highest BCUT2D eigenvalue weighted by molar-refractivity contribution is 5.84. The molecule has 1 fully saturated rings. The lowest BCUT2D eigenvalue weighted by Gasteiger charge is -2.36. The van der Waals surface area contributed by atoms with E-state index < -0.39 is 0 Å². The molecule has 2 heterocycles. The lowest BCUT2D eigenvalue weighted by molar-refractivity contribution is 0.134. The maximum atomic E-state index is 5.38. The molecule has 0 amide bonds. The van der Waals surface area contributed by atoms with Gasteiger partial charge in [-0.1, -0.05) is 13.8 Å². The number of likely N-dealkylation sites (tertiary alicyclic amines) is 1. The quantitative estimate of drug-likeness (QED) is 0.895. The molecule has 0 radical (unpaired) electrons. The molecule has 0 bridgehead atoms. The highest BCUT2D eigenvalue weighted by Gasteiger charge is 2.23. The number of hydrogen-bond acceptors (Lipinski definition) is 2. The van der Waals surface area contributed by atoms with Crippen LogP contribution in [-0.2, 0) is 6.42 Å². The van der Waals surface area contributed by atoms with E-state index in [4.69, 9.17) is 4.74 Å². The fourth-order valence-electron chi connectivity index (χ4n) is 3.63. The maximum Gasteiger partial charge on any atom is 0.119 e. The van der Waals surface area contributed by atoms with Crippen LogP contribution in [0.25, 0.3) is 10.9 Å². The minimum atomic E-state index is 0.651. The zero-order valence-corrected chi connectivity index (χ0v) is 14.1. The second kappa shape index (κ2) is 6.74. The molecule has 0 spiro atoms. The molecule has 0 aliphatic carbocycles. The number of aromatic nitrogens is 1. The van der Waals surface area contributed by atoms with Gasteiger partial charge < -0.3 is 14.6 Å². The van der Waals surface area contributed by atoms with Crippen LogP contribution in [0.15, 0.2) is 24.4 Å². The molecular weight excluding hydrogens is 272 g/mol. The van der Waals surface area contributed by atoms with E-state index >= 15 is 0 Å². The normalized spacial score (nSPS) is 18.7. The van der Waals surface area contributed by atoms with E-state index in [0.29, 0.717) is 6.04 Å². The van der Waals surface area contributed by atoms with Crippen LogP contribution >= 0.6 is 0 Å². The van der Waals surface area contributed by atoms with Crippen molar-refractivity contribution in [3.05, 3.63) is 30.0 Å². The summed E-state index contributed by atoms with van der Waals surface area (Å²) in [6.07, 6.45) is 7.21. The summed E-state index contributed by atoms with van der Waals surface area (Å²) in [5.41, 5.74) is 2.62. The summed E-state index contributed by atoms with van der Waals surface area (Å²) in [4.78, 5) is 6.10. The van der Waals surface area contributed by atoms with Crippen LogP contribution in [0, 0.1) is 5.92 Å². The predicted octanol–water partition coefficient (Wildman–Crippen LogP) is 4.23. The largest absolute Gasteiger partial charge is 0.497 e. The van der Waals surface area contributed by atoms with Crippen molar-refractivity contribution >= 4 is 10.9 Å². The molecule has 3 heteroatoms. The van der Waals surface area contributed by atoms with Crippen molar-refractivity contribution in [3.63, 3.8) is 0 Å². The first-order valence-corrected chi connectivity index (χ1v) is 8.59. The molecule has 120 valence electrons. The Kier molecular flexibility index (Phi) is 4.72. The Bertz CT molecular complexity index is 611. The Hall–Kier alpha value is -1.48. The minimum Gasteiger partial charge on any atom is -0.497 e. The zero-order chi connectivity index (χ0) is 15.5. The summed E-state index contributed by atoms with van der Waals surface area (Å²) in [6.45, 7) is 7.21. The number of nitrogens with one attached hydrogen (secondary N) is 1. The third kappa shape index (κ3) is 3.14. The molecule has 0 saturated carbocycles. The second-order valence-corrected chi connectivity index (χ2v) is 6.71. The standard InChI is InChI=1S/C19H28N2O/c1-4-16(21-9-7-14(2)8-10-21)11-15-13-20-19-6-5-17(22-3)12-18(15)19/h5-6,12-14,16,20H,4,7-11H2,1-3H3. The van der Waals surface area contributed by atoms with Gasteiger partial charge in [-0.3, -0.25) is 0 Å². The van der Waals surface area contributed by atoms with E-state index in [-0.39, 0.29) is 0 Å². The molecule has 3 nitrogen and oxygen atoms in total. The Balaban J connectivity index is 1.78. The molecule has 22 heavy (non-hydrogen) atoms. The van der Waals surface area contributed by atoms with Gasteiger partial charge in [-0.05, 0) is 68.5 Å². The smallest absolute Gasteiger partial charge is 0.119 e. The highest BCUT2D eigenvalue weighted by atomic mass is 16.5. The van der Waals surface area contributed by atoms with E-state index in [2.05, 4.69) is 42.1 Å². The minimum absolute atomic E-state index is 0.651. The van der Waals surface area contributed by atoms with E-state index in [1.165, 1.54) is 48.8 Å². The number of hydrogen-bond donors (Lipinski definition) is 1. The summed E-state index contributed by atoms with van der Waals surface area (Å²) in [7, 11) is 1.73. The SMILES string of the molecule is CCC(Cc1c[nH]c2ccc(OC)cc12)N1CCC(C)CC1. The van der Waals surface area contributed by atoms with Gasteiger partial charge in [0.25, 0.3) is 0 Å². The van der Waals surface area contributed by atoms with Crippen LogP contribution < -0.4 is 4.74 Å². The highest BCUT2D eigenvalue weighted by Crippen LogP contribution is 2.27. The maximum absolute atomic E-state index is 5.38. The van der Waals surface area contributed by atoms with Crippen LogP contribution in [-0.4, -0.2) is 36.1 Å². The topological polar surface area (TPSA) is 28.3 Å². The lowest BCUT2D eigenvalue weighted by atomic mass is 9.95. The summed E-state index contributed by atoms with van der Waals surface area (Å²) in [6, 6.07) is 6.94. The van der Waals surface area contributed by atoms with E-state index in [1.807, 2.05) is 6.07 Å². The summed E-state index contributed by atoms with van der Waals surface area (Å²) < 4.78 is 5.38. The van der Waals surface area contributed by atoms with Crippen molar-refractivity contribution in [2.45, 2.75) is 45.6 Å². The first-order valence-electron chi connectivity index (χ1n) is 8.59. The van der Waals surface area contributed by atoms with Crippen molar-refractivity contribution in [1.82, 2.24) is 9.88 Å². The summed E-state index contributed by atoms with van der Waals surface area (Å²) in [5.74, 6) is 1.83. The van der Waals surface area contributed by atoms with Gasteiger partial charge in [-0.2, -0.15) is 0 Å². The van der Waals surface area contributed by atoms with E-state index in [0.717, 1.165) is 18.1 Å². The molecule has 1 atom stereocenters. The van der Waals surface area contributed by atoms with Gasteiger partial charge in [0.1, 0.15) is 5.75 Å². The first-order chi connectivity index (χ1) is 10.7. The number of rotatable bonds is 5. The summed E-state index contributed by atoms with van der Waals surface area (Å²) >= 11 is 0. The van der Waals surface area contributed by atoms with E-state index in [9.17, 15) is 0 Å². The lowest BCUT2D eigenvalue weighted by Crippen LogP contribution is -2.41. The number of ether oxygens (including phenoxy) is 1. The number of piperidine rings is 1. The number of aromatic amines is 1. The Morgan fingerprint density at radius 2 is 2.09 bits per heavy atom. The number of methoxy groups -OCH3 is 1.